The van der Waals surface area contributed by atoms with E-state index in [1.807, 2.05) is 31.7 Å². The molecule has 1 aliphatic heterocycles. The highest BCUT2D eigenvalue weighted by Gasteiger charge is 2.33. The Balaban J connectivity index is 1.97. The molecule has 0 radical (unpaired) electrons. The van der Waals surface area contributed by atoms with E-state index >= 15 is 0 Å². The first-order chi connectivity index (χ1) is 9.86. The summed E-state index contributed by atoms with van der Waals surface area (Å²) in [6.45, 7) is 8.89. The van der Waals surface area contributed by atoms with Gasteiger partial charge in [-0.15, -0.1) is 0 Å². The SMILES string of the molecule is CCc1ccc(C(=O)N2CCN(C(C)(C)C(N)=S)CC2)o1. The molecular weight excluding hydrogens is 286 g/mol. The van der Waals surface area contributed by atoms with Crippen molar-refractivity contribution in [3.8, 4) is 0 Å². The number of carbonyl (C=O) groups is 1. The zero-order valence-corrected chi connectivity index (χ0v) is 13.7. The summed E-state index contributed by atoms with van der Waals surface area (Å²) < 4.78 is 5.53. The van der Waals surface area contributed by atoms with Crippen LogP contribution >= 0.6 is 12.2 Å². The maximum atomic E-state index is 12.4. The van der Waals surface area contributed by atoms with Gasteiger partial charge in [-0.3, -0.25) is 9.69 Å². The molecule has 1 aromatic rings. The van der Waals surface area contributed by atoms with Crippen LogP contribution < -0.4 is 5.73 Å². The number of nitrogens with two attached hydrogens (primary N) is 1. The molecule has 0 aromatic carbocycles. The van der Waals surface area contributed by atoms with E-state index in [1.54, 1.807) is 6.07 Å². The van der Waals surface area contributed by atoms with Crippen LogP contribution in [0.3, 0.4) is 0 Å². The number of carbonyl (C=O) groups excluding carboxylic acids is 1. The van der Waals surface area contributed by atoms with Gasteiger partial charge in [-0.2, -0.15) is 0 Å². The largest absolute Gasteiger partial charge is 0.456 e. The molecule has 1 aromatic heterocycles. The summed E-state index contributed by atoms with van der Waals surface area (Å²) in [5, 5.41) is 0. The Bertz CT molecular complexity index is 531. The quantitative estimate of drug-likeness (QED) is 0.857. The summed E-state index contributed by atoms with van der Waals surface area (Å²) in [7, 11) is 0. The molecule has 6 heteroatoms. The van der Waals surface area contributed by atoms with E-state index < -0.39 is 0 Å². The van der Waals surface area contributed by atoms with E-state index in [-0.39, 0.29) is 11.4 Å². The Morgan fingerprint density at radius 3 is 2.43 bits per heavy atom. The van der Waals surface area contributed by atoms with Crippen LogP contribution in [0.4, 0.5) is 0 Å². The molecule has 0 bridgehead atoms. The number of thiocarbonyl (C=S) groups is 1. The number of hydrogen-bond acceptors (Lipinski definition) is 4. The molecular formula is C15H23N3O2S. The van der Waals surface area contributed by atoms with Crippen molar-refractivity contribution in [3.63, 3.8) is 0 Å². The molecule has 5 nitrogen and oxygen atoms in total. The van der Waals surface area contributed by atoms with Gasteiger partial charge in [0, 0.05) is 32.6 Å². The fraction of sp³-hybridized carbons (Fsp3) is 0.600. The standard InChI is InChI=1S/C15H23N3O2S/c1-4-11-5-6-12(20-11)13(19)17-7-9-18(10-8-17)15(2,3)14(16)21/h5-6H,4,7-10H2,1-3H3,(H2,16,21). The maximum Gasteiger partial charge on any atom is 0.289 e. The topological polar surface area (TPSA) is 62.7 Å². The highest BCUT2D eigenvalue weighted by atomic mass is 32.1. The van der Waals surface area contributed by atoms with E-state index in [4.69, 9.17) is 22.4 Å². The first kappa shape index (κ1) is 16.0. The van der Waals surface area contributed by atoms with Gasteiger partial charge < -0.3 is 15.1 Å². The molecule has 0 saturated carbocycles. The van der Waals surface area contributed by atoms with E-state index in [1.165, 1.54) is 0 Å². The van der Waals surface area contributed by atoms with Crippen molar-refractivity contribution in [1.29, 1.82) is 0 Å². The van der Waals surface area contributed by atoms with Gasteiger partial charge in [-0.25, -0.2) is 0 Å². The summed E-state index contributed by atoms with van der Waals surface area (Å²) in [6.07, 6.45) is 0.795. The maximum absolute atomic E-state index is 12.4. The lowest BCUT2D eigenvalue weighted by Crippen LogP contribution is -2.59. The average molecular weight is 309 g/mol. The van der Waals surface area contributed by atoms with Crippen LogP contribution in [0.25, 0.3) is 0 Å². The Kier molecular flexibility index (Phi) is 4.68. The molecule has 116 valence electrons. The predicted molar refractivity (Wildman–Crippen MR) is 86.4 cm³/mol. The molecule has 1 aliphatic rings. The molecule has 0 atom stereocenters. The molecule has 2 rings (SSSR count). The molecule has 2 heterocycles. The van der Waals surface area contributed by atoms with E-state index in [9.17, 15) is 4.79 Å². The zero-order valence-electron chi connectivity index (χ0n) is 12.9. The molecule has 0 unspecified atom stereocenters. The van der Waals surface area contributed by atoms with E-state index in [0.29, 0.717) is 23.8 Å². The number of hydrogen-bond donors (Lipinski definition) is 1. The number of amides is 1. The van der Waals surface area contributed by atoms with Crippen LogP contribution in [-0.4, -0.2) is 52.4 Å². The van der Waals surface area contributed by atoms with Gasteiger partial charge in [-0.1, -0.05) is 19.1 Å². The minimum atomic E-state index is -0.315. The monoisotopic (exact) mass is 309 g/mol. The third-order valence-corrected chi connectivity index (χ3v) is 4.68. The minimum Gasteiger partial charge on any atom is -0.456 e. The minimum absolute atomic E-state index is 0.0394. The lowest BCUT2D eigenvalue weighted by atomic mass is 10.0. The lowest BCUT2D eigenvalue weighted by molar-refractivity contribution is 0.0511. The third kappa shape index (κ3) is 3.27. The second kappa shape index (κ2) is 6.15. The Morgan fingerprint density at radius 1 is 1.33 bits per heavy atom. The Morgan fingerprint density at radius 2 is 1.95 bits per heavy atom. The van der Waals surface area contributed by atoms with Crippen LogP contribution in [0.15, 0.2) is 16.5 Å². The molecule has 0 aliphatic carbocycles. The Hall–Kier alpha value is -1.40. The van der Waals surface area contributed by atoms with E-state index in [2.05, 4.69) is 4.90 Å². The summed E-state index contributed by atoms with van der Waals surface area (Å²) in [6, 6.07) is 3.62. The van der Waals surface area contributed by atoms with Gasteiger partial charge in [0.1, 0.15) is 5.76 Å². The van der Waals surface area contributed by atoms with Crippen molar-refractivity contribution < 1.29 is 9.21 Å². The van der Waals surface area contributed by atoms with Crippen molar-refractivity contribution in [3.05, 3.63) is 23.7 Å². The third-order valence-electron chi connectivity index (χ3n) is 4.18. The lowest BCUT2D eigenvalue weighted by Gasteiger charge is -2.43. The van der Waals surface area contributed by atoms with Crippen molar-refractivity contribution in [1.82, 2.24) is 9.80 Å². The van der Waals surface area contributed by atoms with Gasteiger partial charge in [-0.05, 0) is 26.0 Å². The summed E-state index contributed by atoms with van der Waals surface area (Å²) in [5.74, 6) is 1.22. The van der Waals surface area contributed by atoms with Crippen molar-refractivity contribution in [2.24, 2.45) is 5.73 Å². The normalized spacial score (nSPS) is 17.0. The molecule has 1 saturated heterocycles. The molecule has 1 fully saturated rings. The highest BCUT2D eigenvalue weighted by Crippen LogP contribution is 2.19. The van der Waals surface area contributed by atoms with E-state index in [0.717, 1.165) is 25.3 Å². The van der Waals surface area contributed by atoms with Gasteiger partial charge in [0.25, 0.3) is 5.91 Å². The van der Waals surface area contributed by atoms with Crippen molar-refractivity contribution >= 4 is 23.1 Å². The van der Waals surface area contributed by atoms with Crippen LogP contribution in [0.5, 0.6) is 0 Å². The molecule has 0 spiro atoms. The van der Waals surface area contributed by atoms with Gasteiger partial charge >= 0.3 is 0 Å². The van der Waals surface area contributed by atoms with Crippen LogP contribution in [0, 0.1) is 0 Å². The van der Waals surface area contributed by atoms with Crippen LogP contribution in [0.2, 0.25) is 0 Å². The van der Waals surface area contributed by atoms with Gasteiger partial charge in [0.2, 0.25) is 0 Å². The smallest absolute Gasteiger partial charge is 0.289 e. The number of piperazine rings is 1. The highest BCUT2D eigenvalue weighted by molar-refractivity contribution is 7.80. The first-order valence-electron chi connectivity index (χ1n) is 7.29. The Labute approximate surface area is 131 Å². The average Bonchev–Trinajstić information content (AvgIpc) is 2.95. The van der Waals surface area contributed by atoms with Gasteiger partial charge in [0.15, 0.2) is 5.76 Å². The molecule has 21 heavy (non-hydrogen) atoms. The molecule has 1 amide bonds. The number of aryl methyl sites for hydroxylation is 1. The predicted octanol–water partition coefficient (Wildman–Crippen LogP) is 1.66. The second-order valence-corrected chi connectivity index (χ2v) is 6.26. The molecule has 2 N–H and O–H groups in total. The van der Waals surface area contributed by atoms with Crippen molar-refractivity contribution in [2.45, 2.75) is 32.7 Å². The summed E-state index contributed by atoms with van der Waals surface area (Å²) in [5.41, 5.74) is 5.48. The number of furan rings is 1. The number of nitrogens with zero attached hydrogens (tertiary/aromatic N) is 2. The fourth-order valence-corrected chi connectivity index (χ4v) is 2.59. The fourth-order valence-electron chi connectivity index (χ4n) is 2.46. The van der Waals surface area contributed by atoms with Crippen LogP contribution in [-0.2, 0) is 6.42 Å². The summed E-state index contributed by atoms with van der Waals surface area (Å²) in [4.78, 5) is 16.9. The van der Waals surface area contributed by atoms with Gasteiger partial charge in [0.05, 0.1) is 10.5 Å². The number of rotatable bonds is 4. The summed E-state index contributed by atoms with van der Waals surface area (Å²) >= 11 is 5.13. The van der Waals surface area contributed by atoms with Crippen molar-refractivity contribution in [2.75, 3.05) is 26.2 Å². The zero-order chi connectivity index (χ0) is 15.6. The van der Waals surface area contributed by atoms with Crippen LogP contribution in [0.1, 0.15) is 37.1 Å². The first-order valence-corrected chi connectivity index (χ1v) is 7.70. The second-order valence-electron chi connectivity index (χ2n) is 5.82.